The van der Waals surface area contributed by atoms with E-state index in [9.17, 15) is 0 Å². The van der Waals surface area contributed by atoms with E-state index < -0.39 is 0 Å². The van der Waals surface area contributed by atoms with Gasteiger partial charge in [0.25, 0.3) is 0 Å². The second-order valence-electron chi connectivity index (χ2n) is 4.13. The van der Waals surface area contributed by atoms with Crippen molar-refractivity contribution in [3.63, 3.8) is 0 Å². The molecule has 2 aliphatic rings. The molecule has 92 valence electrons. The Kier molecular flexibility index (Phi) is 2.55. The molecule has 0 aliphatic carbocycles. The lowest BCUT2D eigenvalue weighted by Gasteiger charge is -2.28. The second-order valence-corrected chi connectivity index (χ2v) is 4.13. The first-order valence-corrected chi connectivity index (χ1v) is 5.77. The van der Waals surface area contributed by atoms with E-state index in [0.717, 1.165) is 29.4 Å². The number of nitrogens with zero attached hydrogens (tertiary/aromatic N) is 2. The molecule has 0 amide bonds. The van der Waals surface area contributed by atoms with Crippen LogP contribution in [0, 0.1) is 0 Å². The number of fused-ring (bicyclic) bond motifs is 2. The lowest BCUT2D eigenvalue weighted by Crippen LogP contribution is -2.27. The zero-order chi connectivity index (χ0) is 12.5. The van der Waals surface area contributed by atoms with E-state index >= 15 is 0 Å². The zero-order valence-electron chi connectivity index (χ0n) is 10.4. The summed E-state index contributed by atoms with van der Waals surface area (Å²) in [6.07, 6.45) is 8.02. The number of allylic oxidation sites excluding steroid dienone is 2. The highest BCUT2D eigenvalue weighted by Gasteiger charge is 2.20. The van der Waals surface area contributed by atoms with Crippen LogP contribution >= 0.6 is 0 Å². The van der Waals surface area contributed by atoms with Crippen LogP contribution in [0.3, 0.4) is 0 Å². The number of methoxy groups -OCH3 is 2. The van der Waals surface area contributed by atoms with Crippen molar-refractivity contribution in [1.82, 2.24) is 4.90 Å². The molecule has 4 heteroatoms. The summed E-state index contributed by atoms with van der Waals surface area (Å²) in [5.74, 6) is 2.41. The van der Waals surface area contributed by atoms with Crippen molar-refractivity contribution in [3.8, 4) is 11.5 Å². The molecule has 2 aliphatic heterocycles. The summed E-state index contributed by atoms with van der Waals surface area (Å²) >= 11 is 0. The Morgan fingerprint density at radius 2 is 1.89 bits per heavy atom. The van der Waals surface area contributed by atoms with Crippen molar-refractivity contribution >= 4 is 11.5 Å². The quantitative estimate of drug-likeness (QED) is 0.799. The molecule has 0 saturated heterocycles. The summed E-state index contributed by atoms with van der Waals surface area (Å²) in [7, 11) is 3.28. The van der Waals surface area contributed by atoms with Crippen molar-refractivity contribution in [2.24, 2.45) is 4.99 Å². The first-order valence-electron chi connectivity index (χ1n) is 5.77. The monoisotopic (exact) mass is 242 g/mol. The molecule has 0 N–H and O–H groups in total. The highest BCUT2D eigenvalue weighted by molar-refractivity contribution is 5.98. The molecule has 3 rings (SSSR count). The molecule has 0 fully saturated rings. The van der Waals surface area contributed by atoms with Gasteiger partial charge in [-0.15, -0.1) is 0 Å². The third kappa shape index (κ3) is 1.66. The first kappa shape index (κ1) is 10.9. The fourth-order valence-corrected chi connectivity index (χ4v) is 2.15. The van der Waals surface area contributed by atoms with Crippen molar-refractivity contribution < 1.29 is 9.47 Å². The van der Waals surface area contributed by atoms with Crippen LogP contribution in [0.15, 0.2) is 41.6 Å². The van der Waals surface area contributed by atoms with Gasteiger partial charge in [-0.25, -0.2) is 4.99 Å². The number of hydrogen-bond donors (Lipinski definition) is 0. The van der Waals surface area contributed by atoms with Crippen LogP contribution in [0.4, 0.5) is 5.69 Å². The summed E-state index contributed by atoms with van der Waals surface area (Å²) < 4.78 is 10.6. The van der Waals surface area contributed by atoms with Gasteiger partial charge in [0.2, 0.25) is 0 Å². The molecular formula is C14H14N2O2. The molecule has 0 saturated carbocycles. The van der Waals surface area contributed by atoms with Gasteiger partial charge in [0.15, 0.2) is 11.5 Å². The van der Waals surface area contributed by atoms with Gasteiger partial charge in [-0.2, -0.15) is 0 Å². The van der Waals surface area contributed by atoms with E-state index in [1.165, 1.54) is 0 Å². The number of benzene rings is 1. The normalized spacial score (nSPS) is 15.9. The summed E-state index contributed by atoms with van der Waals surface area (Å²) in [5.41, 5.74) is 2.08. The number of hydrogen-bond acceptors (Lipinski definition) is 4. The SMILES string of the molecule is COc1cc2c(cc1OC)N=C1C=CC=CN1C2. The largest absolute Gasteiger partial charge is 0.493 e. The Balaban J connectivity index is 2.10. The van der Waals surface area contributed by atoms with Gasteiger partial charge in [0.1, 0.15) is 5.84 Å². The van der Waals surface area contributed by atoms with Crippen molar-refractivity contribution in [2.75, 3.05) is 14.2 Å². The van der Waals surface area contributed by atoms with Crippen LogP contribution in [-0.4, -0.2) is 25.0 Å². The van der Waals surface area contributed by atoms with E-state index in [4.69, 9.17) is 9.47 Å². The highest BCUT2D eigenvalue weighted by Crippen LogP contribution is 2.37. The predicted octanol–water partition coefficient (Wildman–Crippen LogP) is 2.63. The third-order valence-electron chi connectivity index (χ3n) is 3.08. The molecule has 0 atom stereocenters. The molecule has 0 radical (unpaired) electrons. The Bertz CT molecular complexity index is 573. The van der Waals surface area contributed by atoms with Crippen LogP contribution in [-0.2, 0) is 6.54 Å². The van der Waals surface area contributed by atoms with Gasteiger partial charge in [-0.05, 0) is 18.2 Å². The minimum atomic E-state index is 0.712. The van der Waals surface area contributed by atoms with Crippen LogP contribution < -0.4 is 9.47 Å². The molecule has 4 nitrogen and oxygen atoms in total. The lowest BCUT2D eigenvalue weighted by atomic mass is 10.1. The maximum atomic E-state index is 5.31. The van der Waals surface area contributed by atoms with Crippen LogP contribution in [0.1, 0.15) is 5.56 Å². The van der Waals surface area contributed by atoms with Crippen molar-refractivity contribution in [1.29, 1.82) is 0 Å². The number of rotatable bonds is 2. The minimum absolute atomic E-state index is 0.712. The van der Waals surface area contributed by atoms with E-state index in [1.807, 2.05) is 36.6 Å². The number of aliphatic imine (C=N–C) groups is 1. The molecule has 0 unspecified atom stereocenters. The lowest BCUT2D eigenvalue weighted by molar-refractivity contribution is 0.354. The highest BCUT2D eigenvalue weighted by atomic mass is 16.5. The van der Waals surface area contributed by atoms with E-state index in [-0.39, 0.29) is 0 Å². The van der Waals surface area contributed by atoms with Gasteiger partial charge >= 0.3 is 0 Å². The molecule has 1 aromatic rings. The number of ether oxygens (including phenoxy) is 2. The summed E-state index contributed by atoms with van der Waals surface area (Å²) in [5, 5.41) is 0. The Hall–Kier alpha value is -2.23. The molecule has 0 bridgehead atoms. The Morgan fingerprint density at radius 1 is 1.11 bits per heavy atom. The van der Waals surface area contributed by atoms with E-state index in [0.29, 0.717) is 5.75 Å². The van der Waals surface area contributed by atoms with E-state index in [1.54, 1.807) is 14.2 Å². The fraction of sp³-hybridized carbons (Fsp3) is 0.214. The van der Waals surface area contributed by atoms with Crippen LogP contribution in [0.25, 0.3) is 0 Å². The molecular weight excluding hydrogens is 228 g/mol. The summed E-state index contributed by atoms with van der Waals surface area (Å²) in [6.45, 7) is 0.801. The maximum absolute atomic E-state index is 5.31. The van der Waals surface area contributed by atoms with Gasteiger partial charge in [-0.3, -0.25) is 0 Å². The van der Waals surface area contributed by atoms with Crippen molar-refractivity contribution in [2.45, 2.75) is 6.54 Å². The predicted molar refractivity (Wildman–Crippen MR) is 70.5 cm³/mol. The standard InChI is InChI=1S/C14H14N2O2/c1-17-12-7-10-9-16-6-4-3-5-14(16)15-11(10)8-13(12)18-2/h3-8H,9H2,1-2H3. The molecule has 1 aromatic carbocycles. The van der Waals surface area contributed by atoms with Gasteiger partial charge in [0.05, 0.1) is 26.5 Å². The average Bonchev–Trinajstić information content (AvgIpc) is 2.43. The van der Waals surface area contributed by atoms with Crippen LogP contribution in [0.2, 0.25) is 0 Å². The molecule has 0 spiro atoms. The number of amidine groups is 1. The van der Waals surface area contributed by atoms with Gasteiger partial charge < -0.3 is 14.4 Å². The zero-order valence-corrected chi connectivity index (χ0v) is 10.4. The van der Waals surface area contributed by atoms with Crippen molar-refractivity contribution in [3.05, 3.63) is 42.1 Å². The average molecular weight is 242 g/mol. The Labute approximate surface area is 106 Å². The maximum Gasteiger partial charge on any atom is 0.162 e. The molecule has 0 aromatic heterocycles. The smallest absolute Gasteiger partial charge is 0.162 e. The first-order chi connectivity index (χ1) is 8.81. The van der Waals surface area contributed by atoms with Crippen LogP contribution in [0.5, 0.6) is 11.5 Å². The summed E-state index contributed by atoms with van der Waals surface area (Å²) in [4.78, 5) is 6.73. The van der Waals surface area contributed by atoms with E-state index in [2.05, 4.69) is 9.89 Å². The second kappa shape index (κ2) is 4.22. The van der Waals surface area contributed by atoms with Gasteiger partial charge in [0, 0.05) is 17.8 Å². The molecule has 2 heterocycles. The summed E-state index contributed by atoms with van der Waals surface area (Å²) in [6, 6.07) is 3.91. The third-order valence-corrected chi connectivity index (χ3v) is 3.08. The topological polar surface area (TPSA) is 34.1 Å². The van der Waals surface area contributed by atoms with Gasteiger partial charge in [-0.1, -0.05) is 6.08 Å². The Morgan fingerprint density at radius 3 is 2.67 bits per heavy atom. The molecule has 18 heavy (non-hydrogen) atoms. The fourth-order valence-electron chi connectivity index (χ4n) is 2.15. The minimum Gasteiger partial charge on any atom is -0.493 e.